The number of thiazole rings is 1. The molecule has 6 nitrogen and oxygen atoms in total. The monoisotopic (exact) mass is 509 g/mol. The van der Waals surface area contributed by atoms with E-state index in [1.807, 2.05) is 48.2 Å². The fourth-order valence-corrected chi connectivity index (χ4v) is 5.04. The first-order valence-corrected chi connectivity index (χ1v) is 12.0. The molecule has 0 N–H and O–H groups in total. The van der Waals surface area contributed by atoms with E-state index in [0.717, 1.165) is 71.5 Å². The van der Waals surface area contributed by atoms with E-state index in [1.54, 1.807) is 18.4 Å². The van der Waals surface area contributed by atoms with Crippen LogP contribution >= 0.6 is 35.3 Å². The van der Waals surface area contributed by atoms with E-state index in [1.165, 1.54) is 0 Å². The van der Waals surface area contributed by atoms with Gasteiger partial charge >= 0.3 is 0 Å². The number of fused-ring (bicyclic) bond motifs is 1. The summed E-state index contributed by atoms with van der Waals surface area (Å²) in [4.78, 5) is 22.4. The van der Waals surface area contributed by atoms with Gasteiger partial charge in [0.25, 0.3) is 0 Å². The third-order valence-electron chi connectivity index (χ3n) is 5.74. The fraction of sp³-hybridized carbons (Fsp3) is 0.417. The number of rotatable bonds is 8. The minimum atomic E-state index is 0. The molecule has 33 heavy (non-hydrogen) atoms. The Bertz CT molecular complexity index is 1070. The number of hydrogen-bond acceptors (Lipinski definition) is 6. The first kappa shape index (κ1) is 25.7. The van der Waals surface area contributed by atoms with Gasteiger partial charge in [0.2, 0.25) is 5.91 Å². The maximum Gasteiger partial charge on any atom is 0.233 e. The molecule has 0 spiro atoms. The maximum atomic E-state index is 13.4. The molecule has 0 bridgehead atoms. The van der Waals surface area contributed by atoms with E-state index in [-0.39, 0.29) is 18.3 Å². The lowest BCUT2D eigenvalue weighted by Gasteiger charge is -2.27. The fourth-order valence-electron chi connectivity index (χ4n) is 3.82. The predicted octanol–water partition coefficient (Wildman–Crippen LogP) is 4.99. The summed E-state index contributed by atoms with van der Waals surface area (Å²) in [5.41, 5.74) is 2.77. The Morgan fingerprint density at radius 3 is 2.64 bits per heavy atom. The molecule has 1 aliphatic heterocycles. The van der Waals surface area contributed by atoms with Gasteiger partial charge in [-0.05, 0) is 48.7 Å². The number of aryl methyl sites for hydroxylation is 1. The number of anilines is 1. The smallest absolute Gasteiger partial charge is 0.233 e. The minimum Gasteiger partial charge on any atom is -0.497 e. The van der Waals surface area contributed by atoms with E-state index in [4.69, 9.17) is 26.1 Å². The lowest BCUT2D eigenvalue weighted by atomic mass is 10.1. The average molecular weight is 510 g/mol. The summed E-state index contributed by atoms with van der Waals surface area (Å²) in [5, 5.41) is 1.42. The molecule has 4 rings (SSSR count). The van der Waals surface area contributed by atoms with Crippen LogP contribution in [0.4, 0.5) is 5.13 Å². The highest BCUT2D eigenvalue weighted by molar-refractivity contribution is 7.22. The summed E-state index contributed by atoms with van der Waals surface area (Å²) in [7, 11) is 1.64. The highest BCUT2D eigenvalue weighted by Gasteiger charge is 2.21. The Morgan fingerprint density at radius 2 is 1.94 bits per heavy atom. The van der Waals surface area contributed by atoms with Gasteiger partial charge in [-0.3, -0.25) is 14.6 Å². The Morgan fingerprint density at radius 1 is 1.21 bits per heavy atom. The second-order valence-corrected chi connectivity index (χ2v) is 9.31. The number of morpholine rings is 1. The predicted molar refractivity (Wildman–Crippen MR) is 138 cm³/mol. The SMILES string of the molecule is COc1ccc(CC(=O)N(CCCN2CCOCC2)c2nc3c(C)c(Cl)ccc3s2)cc1.Cl. The Hall–Kier alpha value is -1.90. The van der Waals surface area contributed by atoms with Crippen molar-refractivity contribution in [3.05, 3.63) is 52.5 Å². The highest BCUT2D eigenvalue weighted by Crippen LogP contribution is 2.34. The summed E-state index contributed by atoms with van der Waals surface area (Å²) in [6.45, 7) is 6.97. The van der Waals surface area contributed by atoms with Crippen molar-refractivity contribution in [2.24, 2.45) is 0 Å². The lowest BCUT2D eigenvalue weighted by molar-refractivity contribution is -0.118. The van der Waals surface area contributed by atoms with Crippen LogP contribution in [0.5, 0.6) is 5.75 Å². The van der Waals surface area contributed by atoms with Gasteiger partial charge in [0, 0.05) is 31.2 Å². The van der Waals surface area contributed by atoms with E-state index < -0.39 is 0 Å². The van der Waals surface area contributed by atoms with Crippen molar-refractivity contribution in [2.45, 2.75) is 19.8 Å². The van der Waals surface area contributed by atoms with Gasteiger partial charge in [0.15, 0.2) is 5.13 Å². The zero-order valence-electron chi connectivity index (χ0n) is 18.9. The van der Waals surface area contributed by atoms with Crippen LogP contribution in [-0.4, -0.2) is 62.3 Å². The van der Waals surface area contributed by atoms with Gasteiger partial charge in [0.05, 0.1) is 37.0 Å². The number of carbonyl (C=O) groups is 1. The molecule has 0 aliphatic carbocycles. The molecule has 0 atom stereocenters. The molecule has 1 fully saturated rings. The zero-order valence-corrected chi connectivity index (χ0v) is 21.3. The molecule has 0 radical (unpaired) electrons. The highest BCUT2D eigenvalue weighted by atomic mass is 35.5. The molecule has 178 valence electrons. The average Bonchev–Trinajstić information content (AvgIpc) is 3.25. The summed E-state index contributed by atoms with van der Waals surface area (Å²) in [6.07, 6.45) is 1.20. The maximum absolute atomic E-state index is 13.4. The topological polar surface area (TPSA) is 54.9 Å². The number of nitrogens with zero attached hydrogens (tertiary/aromatic N) is 3. The third-order valence-corrected chi connectivity index (χ3v) is 7.20. The third kappa shape index (κ3) is 6.37. The van der Waals surface area contributed by atoms with Crippen LogP contribution in [0.2, 0.25) is 5.02 Å². The number of ether oxygens (including phenoxy) is 2. The molecule has 0 saturated carbocycles. The van der Waals surface area contributed by atoms with Crippen LogP contribution in [0.1, 0.15) is 17.5 Å². The first-order chi connectivity index (χ1) is 15.5. The molecule has 0 unspecified atom stereocenters. The number of benzene rings is 2. The van der Waals surface area contributed by atoms with Crippen molar-refractivity contribution < 1.29 is 14.3 Å². The first-order valence-electron chi connectivity index (χ1n) is 10.8. The van der Waals surface area contributed by atoms with E-state index in [0.29, 0.717) is 18.0 Å². The Kier molecular flexibility index (Phi) is 9.35. The van der Waals surface area contributed by atoms with Crippen molar-refractivity contribution in [2.75, 3.05) is 51.4 Å². The number of aromatic nitrogens is 1. The molecule has 9 heteroatoms. The van der Waals surface area contributed by atoms with Crippen LogP contribution in [0.25, 0.3) is 10.2 Å². The molecular formula is C24H29Cl2N3O3S. The molecule has 1 aromatic heterocycles. The van der Waals surface area contributed by atoms with Gasteiger partial charge in [0.1, 0.15) is 5.75 Å². The van der Waals surface area contributed by atoms with Crippen LogP contribution in [0.3, 0.4) is 0 Å². The largest absolute Gasteiger partial charge is 0.497 e. The second kappa shape index (κ2) is 12.0. The Balaban J connectivity index is 0.00000306. The molecule has 1 saturated heterocycles. The standard InChI is InChI=1S/C24H28ClN3O3S.ClH/c1-17-20(25)8-9-21-23(17)26-24(32-21)28(11-3-10-27-12-14-31-15-13-27)22(29)16-18-4-6-19(30-2)7-5-18;/h4-9H,3,10-16H2,1-2H3;1H. The summed E-state index contributed by atoms with van der Waals surface area (Å²) in [6, 6.07) is 11.5. The van der Waals surface area contributed by atoms with Crippen molar-refractivity contribution in [1.82, 2.24) is 9.88 Å². The number of carbonyl (C=O) groups excluding carboxylic acids is 1. The zero-order chi connectivity index (χ0) is 22.5. The van der Waals surface area contributed by atoms with E-state index in [2.05, 4.69) is 4.90 Å². The van der Waals surface area contributed by atoms with Gasteiger partial charge in [-0.1, -0.05) is 35.1 Å². The summed E-state index contributed by atoms with van der Waals surface area (Å²) < 4.78 is 11.7. The molecule has 1 aliphatic rings. The lowest BCUT2D eigenvalue weighted by Crippen LogP contribution is -2.39. The van der Waals surface area contributed by atoms with Crippen molar-refractivity contribution >= 4 is 56.6 Å². The van der Waals surface area contributed by atoms with Crippen LogP contribution in [0.15, 0.2) is 36.4 Å². The molecule has 2 aromatic carbocycles. The molecule has 2 heterocycles. The number of amides is 1. The van der Waals surface area contributed by atoms with Crippen molar-refractivity contribution in [3.63, 3.8) is 0 Å². The summed E-state index contributed by atoms with van der Waals surface area (Å²) in [5.74, 6) is 0.821. The molecular weight excluding hydrogens is 481 g/mol. The number of hydrogen-bond donors (Lipinski definition) is 0. The van der Waals surface area contributed by atoms with E-state index >= 15 is 0 Å². The second-order valence-electron chi connectivity index (χ2n) is 7.89. The normalized spacial score (nSPS) is 14.2. The van der Waals surface area contributed by atoms with Crippen LogP contribution in [0, 0.1) is 6.92 Å². The van der Waals surface area contributed by atoms with Crippen molar-refractivity contribution in [1.29, 1.82) is 0 Å². The number of methoxy groups -OCH3 is 1. The Labute approximate surface area is 209 Å². The quantitative estimate of drug-likeness (QED) is 0.428. The summed E-state index contributed by atoms with van der Waals surface area (Å²) >= 11 is 7.84. The van der Waals surface area contributed by atoms with E-state index in [9.17, 15) is 4.79 Å². The van der Waals surface area contributed by atoms with Gasteiger partial charge in [-0.25, -0.2) is 4.98 Å². The van der Waals surface area contributed by atoms with Crippen LogP contribution in [-0.2, 0) is 16.0 Å². The van der Waals surface area contributed by atoms with Crippen LogP contribution < -0.4 is 9.64 Å². The molecule has 3 aromatic rings. The van der Waals surface area contributed by atoms with Gasteiger partial charge in [-0.15, -0.1) is 12.4 Å². The number of halogens is 2. The minimum absolute atomic E-state index is 0. The van der Waals surface area contributed by atoms with Gasteiger partial charge < -0.3 is 9.47 Å². The molecule has 1 amide bonds. The van der Waals surface area contributed by atoms with Gasteiger partial charge in [-0.2, -0.15) is 0 Å². The van der Waals surface area contributed by atoms with Crippen molar-refractivity contribution in [3.8, 4) is 5.75 Å².